The molecule has 4 heterocycles. The van der Waals surface area contributed by atoms with E-state index in [9.17, 15) is 24.6 Å². The van der Waals surface area contributed by atoms with E-state index in [1.807, 2.05) is 54.6 Å². The summed E-state index contributed by atoms with van der Waals surface area (Å²) in [6, 6.07) is 27.8. The number of likely N-dealkylation sites (N-methyl/N-ethyl adjacent to an activating group) is 1. The number of amides is 2. The number of phenolic OH excluding ortho intramolecular Hbond substituents is 1. The number of carbonyl (C=O) groups excluding carboxylic acids is 2. The van der Waals surface area contributed by atoms with Crippen molar-refractivity contribution in [1.29, 1.82) is 0 Å². The molecule has 0 saturated carbocycles. The van der Waals surface area contributed by atoms with Crippen LogP contribution in [-0.2, 0) is 27.2 Å². The number of aromatic nitrogens is 1. The van der Waals surface area contributed by atoms with E-state index in [0.717, 1.165) is 39.6 Å². The van der Waals surface area contributed by atoms with Gasteiger partial charge in [-0.25, -0.2) is 4.79 Å². The van der Waals surface area contributed by atoms with E-state index in [1.54, 1.807) is 31.4 Å². The third kappa shape index (κ3) is 7.96. The van der Waals surface area contributed by atoms with E-state index in [-0.39, 0.29) is 54.0 Å². The zero-order chi connectivity index (χ0) is 39.8. The van der Waals surface area contributed by atoms with E-state index in [0.29, 0.717) is 53.1 Å². The molecule has 1 aromatic heterocycles. The number of benzene rings is 4. The summed E-state index contributed by atoms with van der Waals surface area (Å²) in [7, 11) is 6.05. The highest BCUT2D eigenvalue weighted by Gasteiger charge is 2.70. The number of H-pyrrole nitrogens is 1. The fourth-order valence-corrected chi connectivity index (χ4v) is 8.76. The molecule has 0 aliphatic carbocycles. The second kappa shape index (κ2) is 15.7. The van der Waals surface area contributed by atoms with Gasteiger partial charge >= 0.3 is 6.09 Å². The molecular formula is C44H48N5O8+. The Hall–Kier alpha value is -5.73. The lowest BCUT2D eigenvalue weighted by atomic mass is 9.96. The number of aryl methyl sites for hydroxylation is 1. The molecule has 3 aliphatic rings. The van der Waals surface area contributed by atoms with Crippen LogP contribution in [0.25, 0.3) is 22.0 Å². The Morgan fingerprint density at radius 2 is 1.72 bits per heavy atom. The van der Waals surface area contributed by atoms with Crippen molar-refractivity contribution in [3.8, 4) is 22.6 Å². The highest BCUT2D eigenvalue weighted by Crippen LogP contribution is 2.51. The summed E-state index contributed by atoms with van der Waals surface area (Å²) in [5.74, 6) is 0.319. The molecule has 57 heavy (non-hydrogen) atoms. The topological polar surface area (TPSA) is 175 Å². The van der Waals surface area contributed by atoms with Crippen molar-refractivity contribution in [3.63, 3.8) is 0 Å². The van der Waals surface area contributed by atoms with Crippen molar-refractivity contribution < 1.29 is 38.5 Å². The maximum atomic E-state index is 13.3. The number of aromatic hydroxyl groups is 1. The Balaban J connectivity index is 0.868. The standard InChI is InChI=1S/C44H47N5O8/c1-49(2)34-21-29(22-35(49)43-42(34)57-43)56-44(54)47-33-19-25(9-13-30(33)26-7-5-4-6-8-26)10-17-39(52)46-28-12-11-27(38(20-28)55-3)23-45-24-37(51)31-14-16-36(50)41-32(31)15-18-40(53)48-41/h4-9,11-16,18-20,29,34-35,37,42-43,45,51H,10,17,21-24H2,1-3H3,(H3-,46,47,48,50,52,53,54)/p+1/t29?,34-,35+,37-,42-,43+/m0/s1. The number of hydrogen-bond donors (Lipinski definition) is 6. The number of pyridine rings is 1. The number of methoxy groups -OCH3 is 1. The molecule has 0 radical (unpaired) electrons. The van der Waals surface area contributed by atoms with E-state index in [2.05, 4.69) is 35.0 Å². The number of nitrogens with one attached hydrogen (secondary N) is 4. The first kappa shape index (κ1) is 38.2. The summed E-state index contributed by atoms with van der Waals surface area (Å²) in [5, 5.41) is 30.9. The Kier molecular flexibility index (Phi) is 10.5. The monoisotopic (exact) mass is 774 g/mol. The minimum absolute atomic E-state index is 0.0705. The number of fused-ring (bicyclic) bond motifs is 6. The molecule has 8 rings (SSSR count). The molecule has 3 fully saturated rings. The van der Waals surface area contributed by atoms with Crippen LogP contribution in [-0.4, -0.2) is 89.8 Å². The molecule has 6 N–H and O–H groups in total. The normalized spacial score (nSPS) is 22.0. The van der Waals surface area contributed by atoms with Crippen molar-refractivity contribution >= 4 is 34.3 Å². The molecule has 6 atom stereocenters. The van der Waals surface area contributed by atoms with Gasteiger partial charge in [-0.2, -0.15) is 0 Å². The molecule has 3 saturated heterocycles. The van der Waals surface area contributed by atoms with Gasteiger partial charge in [0.25, 0.3) is 0 Å². The molecule has 2 bridgehead atoms. The summed E-state index contributed by atoms with van der Waals surface area (Å²) >= 11 is 0. The van der Waals surface area contributed by atoms with E-state index in [1.165, 1.54) is 12.1 Å². The molecular weight excluding hydrogens is 727 g/mol. The Morgan fingerprint density at radius 3 is 2.47 bits per heavy atom. The fourth-order valence-electron chi connectivity index (χ4n) is 8.76. The van der Waals surface area contributed by atoms with Crippen molar-refractivity contribution in [2.45, 2.75) is 68.7 Å². The number of carbonyl (C=O) groups is 2. The van der Waals surface area contributed by atoms with E-state index in [4.69, 9.17) is 14.2 Å². The lowest BCUT2D eigenvalue weighted by Gasteiger charge is -2.45. The van der Waals surface area contributed by atoms with Gasteiger partial charge in [0, 0.05) is 66.7 Å². The van der Waals surface area contributed by atoms with Gasteiger partial charge < -0.3 is 44.5 Å². The van der Waals surface area contributed by atoms with Crippen LogP contribution in [0, 0.1) is 0 Å². The Bertz CT molecular complexity index is 2340. The predicted molar refractivity (Wildman–Crippen MR) is 216 cm³/mol. The maximum absolute atomic E-state index is 13.3. The van der Waals surface area contributed by atoms with Gasteiger partial charge in [0.1, 0.15) is 41.9 Å². The fraction of sp³-hybridized carbons (Fsp3) is 0.341. The second-order valence-corrected chi connectivity index (χ2v) is 15.7. The van der Waals surface area contributed by atoms with Crippen LogP contribution in [0.1, 0.15) is 42.1 Å². The summed E-state index contributed by atoms with van der Waals surface area (Å²) in [6.07, 6.45) is 1.19. The second-order valence-electron chi connectivity index (χ2n) is 15.7. The summed E-state index contributed by atoms with van der Waals surface area (Å²) in [6.45, 7) is 0.570. The number of aromatic amines is 1. The number of quaternary nitrogens is 1. The average Bonchev–Trinajstić information content (AvgIpc) is 3.97. The van der Waals surface area contributed by atoms with Crippen LogP contribution in [0.4, 0.5) is 16.2 Å². The van der Waals surface area contributed by atoms with Crippen LogP contribution in [0.3, 0.4) is 0 Å². The van der Waals surface area contributed by atoms with Gasteiger partial charge in [0.05, 0.1) is 38.5 Å². The number of morpholine rings is 1. The summed E-state index contributed by atoms with van der Waals surface area (Å²) in [4.78, 5) is 40.9. The van der Waals surface area contributed by atoms with Crippen LogP contribution in [0.5, 0.6) is 11.5 Å². The third-order valence-corrected chi connectivity index (χ3v) is 11.8. The highest BCUT2D eigenvalue weighted by atomic mass is 16.6. The van der Waals surface area contributed by atoms with Crippen LogP contribution < -0.4 is 26.2 Å². The van der Waals surface area contributed by atoms with Crippen molar-refractivity contribution in [1.82, 2.24) is 10.3 Å². The minimum Gasteiger partial charge on any atom is -0.506 e. The predicted octanol–water partition coefficient (Wildman–Crippen LogP) is 5.61. The average molecular weight is 775 g/mol. The van der Waals surface area contributed by atoms with Crippen molar-refractivity contribution in [3.05, 3.63) is 118 Å². The number of nitrogens with zero attached hydrogens (tertiary/aromatic N) is 1. The molecule has 4 aromatic carbocycles. The Morgan fingerprint density at radius 1 is 0.947 bits per heavy atom. The first-order chi connectivity index (χ1) is 27.5. The van der Waals surface area contributed by atoms with Crippen molar-refractivity contribution in [2.24, 2.45) is 0 Å². The van der Waals surface area contributed by atoms with Gasteiger partial charge in [0.15, 0.2) is 0 Å². The number of aliphatic hydroxyl groups is 1. The van der Waals surface area contributed by atoms with E-state index >= 15 is 0 Å². The van der Waals surface area contributed by atoms with E-state index < -0.39 is 12.2 Å². The number of epoxide rings is 1. The summed E-state index contributed by atoms with van der Waals surface area (Å²) in [5.41, 5.74) is 5.23. The van der Waals surface area contributed by atoms with Gasteiger partial charge in [0.2, 0.25) is 11.5 Å². The lowest BCUT2D eigenvalue weighted by Crippen LogP contribution is -2.60. The van der Waals surface area contributed by atoms with Gasteiger partial charge in [-0.3, -0.25) is 14.9 Å². The highest BCUT2D eigenvalue weighted by molar-refractivity contribution is 5.93. The van der Waals surface area contributed by atoms with Gasteiger partial charge in [-0.1, -0.05) is 54.6 Å². The number of phenols is 1. The number of aliphatic hydroxyl groups excluding tert-OH is 1. The van der Waals surface area contributed by atoms with Gasteiger partial charge in [-0.15, -0.1) is 0 Å². The summed E-state index contributed by atoms with van der Waals surface area (Å²) < 4.78 is 18.4. The van der Waals surface area contributed by atoms with Crippen LogP contribution in [0.2, 0.25) is 0 Å². The van der Waals surface area contributed by atoms with Gasteiger partial charge in [-0.05, 0) is 47.4 Å². The molecule has 0 spiro atoms. The lowest BCUT2D eigenvalue weighted by molar-refractivity contribution is -0.938. The first-order valence-corrected chi connectivity index (χ1v) is 19.3. The molecule has 296 valence electrons. The number of piperidine rings is 1. The number of hydrogen-bond acceptors (Lipinski definition) is 9. The maximum Gasteiger partial charge on any atom is 0.411 e. The minimum atomic E-state index is -0.913. The molecule has 13 nitrogen and oxygen atoms in total. The number of ether oxygens (including phenoxy) is 3. The van der Waals surface area contributed by atoms with Crippen LogP contribution in [0.15, 0.2) is 95.8 Å². The zero-order valence-electron chi connectivity index (χ0n) is 32.2. The molecule has 5 aromatic rings. The molecule has 2 amide bonds. The smallest absolute Gasteiger partial charge is 0.411 e. The SMILES string of the molecule is COc1cc(NC(=O)CCc2ccc(-c3ccccc3)c(NC(=O)OC3C[C@@H]4[C@H]5O[C@H]5[C@H](C3)[N+]4(C)C)c2)ccc1CNC[C@H](O)c1ccc(O)c2[nH]c(=O)ccc12. The number of rotatable bonds is 13. The first-order valence-electron chi connectivity index (χ1n) is 19.3. The quantitative estimate of drug-likeness (QED) is 0.0657. The third-order valence-electron chi connectivity index (χ3n) is 11.8. The van der Waals surface area contributed by atoms with Crippen molar-refractivity contribution in [2.75, 3.05) is 38.4 Å². The zero-order valence-corrected chi connectivity index (χ0v) is 32.2. The molecule has 3 aliphatic heterocycles. The number of anilines is 2. The Labute approximate surface area is 330 Å². The molecule has 13 heteroatoms. The van der Waals surface area contributed by atoms with Crippen LogP contribution >= 0.6 is 0 Å². The largest absolute Gasteiger partial charge is 0.506 e. The molecule has 1 unspecified atom stereocenters.